The average molecular weight is 308 g/mol. The maximum absolute atomic E-state index is 12.5. The normalized spacial score (nSPS) is 18.7. The van der Waals surface area contributed by atoms with Crippen molar-refractivity contribution in [3.8, 4) is 0 Å². The molecule has 0 saturated carbocycles. The number of hydrogen-bond donors (Lipinski definition) is 2. The lowest BCUT2D eigenvalue weighted by Gasteiger charge is -2.22. The zero-order valence-electron chi connectivity index (χ0n) is 9.41. The fourth-order valence-corrected chi connectivity index (χ4v) is 1.79. The molecule has 0 bridgehead atoms. The van der Waals surface area contributed by atoms with Crippen molar-refractivity contribution in [3.63, 3.8) is 0 Å². The SMILES string of the molecule is FC(F)(F)C1C=CN(C(=S)Nc2ccc(Cl)cc2)N1. The molecule has 0 aliphatic carbocycles. The molecule has 8 heteroatoms. The average Bonchev–Trinajstić information content (AvgIpc) is 2.81. The maximum Gasteiger partial charge on any atom is 0.409 e. The van der Waals surface area contributed by atoms with E-state index in [0.717, 1.165) is 11.1 Å². The van der Waals surface area contributed by atoms with E-state index in [0.29, 0.717) is 10.7 Å². The van der Waals surface area contributed by atoms with Crippen LogP contribution >= 0.6 is 23.8 Å². The zero-order chi connectivity index (χ0) is 14.0. The van der Waals surface area contributed by atoms with Gasteiger partial charge in [0.15, 0.2) is 5.11 Å². The Hall–Kier alpha value is -1.31. The summed E-state index contributed by atoms with van der Waals surface area (Å²) in [6, 6.07) is 4.93. The van der Waals surface area contributed by atoms with Crippen LogP contribution in [0.1, 0.15) is 0 Å². The minimum absolute atomic E-state index is 0.116. The number of benzene rings is 1. The van der Waals surface area contributed by atoms with Gasteiger partial charge in [0.25, 0.3) is 0 Å². The minimum atomic E-state index is -4.35. The first-order valence-electron chi connectivity index (χ1n) is 5.23. The Balaban J connectivity index is 1.96. The summed E-state index contributed by atoms with van der Waals surface area (Å²) in [6.07, 6.45) is -2.11. The highest BCUT2D eigenvalue weighted by molar-refractivity contribution is 7.80. The number of anilines is 1. The predicted molar refractivity (Wildman–Crippen MR) is 71.6 cm³/mol. The number of hydrazine groups is 1. The van der Waals surface area contributed by atoms with Crippen molar-refractivity contribution in [3.05, 3.63) is 41.6 Å². The lowest BCUT2D eigenvalue weighted by molar-refractivity contribution is -0.147. The fraction of sp³-hybridized carbons (Fsp3) is 0.182. The number of nitrogens with zero attached hydrogens (tertiary/aromatic N) is 1. The summed E-state index contributed by atoms with van der Waals surface area (Å²) in [6.45, 7) is 0. The summed E-state index contributed by atoms with van der Waals surface area (Å²) in [4.78, 5) is 0. The summed E-state index contributed by atoms with van der Waals surface area (Å²) >= 11 is 10.7. The predicted octanol–water partition coefficient (Wildman–Crippen LogP) is 3.30. The van der Waals surface area contributed by atoms with Gasteiger partial charge in [0.2, 0.25) is 0 Å². The van der Waals surface area contributed by atoms with E-state index in [1.807, 2.05) is 0 Å². The highest BCUT2D eigenvalue weighted by atomic mass is 35.5. The smallest absolute Gasteiger partial charge is 0.331 e. The maximum atomic E-state index is 12.5. The van der Waals surface area contributed by atoms with E-state index in [1.54, 1.807) is 24.3 Å². The first-order chi connectivity index (χ1) is 8.86. The van der Waals surface area contributed by atoms with E-state index in [9.17, 15) is 13.2 Å². The number of nitrogens with one attached hydrogen (secondary N) is 2. The Kier molecular flexibility index (Phi) is 3.98. The molecule has 0 spiro atoms. The Labute approximate surface area is 118 Å². The molecular formula is C11H9ClF3N3S. The third-order valence-electron chi connectivity index (χ3n) is 2.37. The molecule has 1 aliphatic heterocycles. The van der Waals surface area contributed by atoms with Crippen molar-refractivity contribution in [1.29, 1.82) is 0 Å². The first kappa shape index (κ1) is 14.1. The monoisotopic (exact) mass is 307 g/mol. The highest BCUT2D eigenvalue weighted by Crippen LogP contribution is 2.24. The molecule has 2 rings (SSSR count). The molecule has 0 amide bonds. The van der Waals surface area contributed by atoms with Gasteiger partial charge in [0.1, 0.15) is 6.04 Å². The van der Waals surface area contributed by atoms with E-state index in [1.165, 1.54) is 6.20 Å². The summed E-state index contributed by atoms with van der Waals surface area (Å²) < 4.78 is 37.4. The van der Waals surface area contributed by atoms with Gasteiger partial charge in [-0.2, -0.15) is 13.2 Å². The minimum Gasteiger partial charge on any atom is -0.331 e. The van der Waals surface area contributed by atoms with Crippen molar-refractivity contribution in [1.82, 2.24) is 10.4 Å². The summed E-state index contributed by atoms with van der Waals surface area (Å²) in [7, 11) is 0. The highest BCUT2D eigenvalue weighted by Gasteiger charge is 2.41. The molecule has 0 radical (unpaired) electrons. The third-order valence-corrected chi connectivity index (χ3v) is 2.92. The van der Waals surface area contributed by atoms with E-state index in [-0.39, 0.29) is 5.11 Å². The van der Waals surface area contributed by atoms with E-state index in [2.05, 4.69) is 10.7 Å². The third kappa shape index (κ3) is 3.59. The molecule has 1 unspecified atom stereocenters. The van der Waals surface area contributed by atoms with Crippen LogP contribution in [-0.4, -0.2) is 22.3 Å². The molecule has 0 fully saturated rings. The topological polar surface area (TPSA) is 27.3 Å². The van der Waals surface area contributed by atoms with Gasteiger partial charge in [-0.1, -0.05) is 11.6 Å². The first-order valence-corrected chi connectivity index (χ1v) is 6.02. The number of halogens is 4. The molecule has 1 aliphatic rings. The van der Waals surface area contributed by atoms with Gasteiger partial charge in [-0.05, 0) is 42.6 Å². The lowest BCUT2D eigenvalue weighted by Crippen LogP contribution is -2.47. The van der Waals surface area contributed by atoms with Crippen molar-refractivity contribution in [2.45, 2.75) is 12.2 Å². The molecule has 0 saturated heterocycles. The van der Waals surface area contributed by atoms with Gasteiger partial charge >= 0.3 is 6.18 Å². The molecular weight excluding hydrogens is 299 g/mol. The molecule has 19 heavy (non-hydrogen) atoms. The lowest BCUT2D eigenvalue weighted by atomic mass is 10.3. The van der Waals surface area contributed by atoms with Gasteiger partial charge in [-0.15, -0.1) is 0 Å². The second-order valence-electron chi connectivity index (χ2n) is 3.80. The molecule has 2 N–H and O–H groups in total. The van der Waals surface area contributed by atoms with Crippen molar-refractivity contribution in [2.24, 2.45) is 0 Å². The van der Waals surface area contributed by atoms with Crippen molar-refractivity contribution >= 4 is 34.6 Å². The number of hydrogen-bond acceptors (Lipinski definition) is 2. The Bertz CT molecular complexity index is 501. The number of thiocarbonyl (C=S) groups is 1. The van der Waals surface area contributed by atoms with Gasteiger partial charge in [0, 0.05) is 16.9 Å². The molecule has 1 atom stereocenters. The van der Waals surface area contributed by atoms with Crippen LogP contribution in [0.25, 0.3) is 0 Å². The molecule has 102 valence electrons. The Morgan fingerprint density at radius 3 is 2.47 bits per heavy atom. The molecule has 3 nitrogen and oxygen atoms in total. The molecule has 0 aromatic heterocycles. The van der Waals surface area contributed by atoms with Crippen LogP contribution in [-0.2, 0) is 0 Å². The molecule has 1 aromatic rings. The summed E-state index contributed by atoms with van der Waals surface area (Å²) in [5, 5.41) is 4.59. The van der Waals surface area contributed by atoms with Gasteiger partial charge in [-0.25, -0.2) is 5.43 Å². The quantitative estimate of drug-likeness (QED) is 0.779. The molecule has 1 heterocycles. The van der Waals surface area contributed by atoms with Crippen molar-refractivity contribution in [2.75, 3.05) is 5.32 Å². The zero-order valence-corrected chi connectivity index (χ0v) is 11.0. The second kappa shape index (κ2) is 5.36. The largest absolute Gasteiger partial charge is 0.409 e. The van der Waals surface area contributed by atoms with E-state index >= 15 is 0 Å². The van der Waals surface area contributed by atoms with Gasteiger partial charge < -0.3 is 5.32 Å². The summed E-state index contributed by atoms with van der Waals surface area (Å²) in [5.41, 5.74) is 2.87. The standard InChI is InChI=1S/C11H9ClF3N3S/c12-7-1-3-8(4-2-7)16-10(19)18-6-5-9(17-18)11(13,14)15/h1-6,9,17H,(H,16,19). The second-order valence-corrected chi connectivity index (χ2v) is 4.62. The van der Waals surface area contributed by atoms with Crippen molar-refractivity contribution < 1.29 is 13.2 Å². The van der Waals surface area contributed by atoms with E-state index < -0.39 is 12.2 Å². The van der Waals surface area contributed by atoms with Crippen LogP contribution in [0.15, 0.2) is 36.5 Å². The van der Waals surface area contributed by atoms with Crippen LogP contribution in [0.2, 0.25) is 5.02 Å². The Morgan fingerprint density at radius 2 is 1.95 bits per heavy atom. The van der Waals surface area contributed by atoms with Crippen LogP contribution in [0.3, 0.4) is 0 Å². The van der Waals surface area contributed by atoms with Crippen LogP contribution in [0.5, 0.6) is 0 Å². The van der Waals surface area contributed by atoms with Crippen LogP contribution in [0, 0.1) is 0 Å². The Morgan fingerprint density at radius 1 is 1.32 bits per heavy atom. The van der Waals surface area contributed by atoms with E-state index in [4.69, 9.17) is 23.8 Å². The molecule has 1 aromatic carbocycles. The summed E-state index contributed by atoms with van der Waals surface area (Å²) in [5.74, 6) is 0. The van der Waals surface area contributed by atoms with Crippen LogP contribution < -0.4 is 10.7 Å². The number of rotatable bonds is 1. The fourth-order valence-electron chi connectivity index (χ4n) is 1.43. The van der Waals surface area contributed by atoms with Crippen LogP contribution in [0.4, 0.5) is 18.9 Å². The van der Waals surface area contributed by atoms with Gasteiger partial charge in [-0.3, -0.25) is 5.01 Å². The van der Waals surface area contributed by atoms with Gasteiger partial charge in [0.05, 0.1) is 0 Å². The number of alkyl halides is 3.